The number of carboxylic acid groups (broad SMARTS) is 3. The Morgan fingerprint density at radius 2 is 0.660 bits per heavy atom. The first-order valence-electron chi connectivity index (χ1n) is 15.8. The quantitative estimate of drug-likeness (QED) is 0.0723. The summed E-state index contributed by atoms with van der Waals surface area (Å²) in [6.07, 6.45) is -1.08. The Morgan fingerprint density at radius 1 is 0.491 bits per heavy atom. The molecule has 0 saturated heterocycles. The molecule has 53 heavy (non-hydrogen) atoms. The molecule has 1 unspecified atom stereocenters. The molecule has 2 N–H and O–H groups in total. The van der Waals surface area contributed by atoms with Gasteiger partial charge in [0.1, 0.15) is 39.5 Å². The predicted octanol–water partition coefficient (Wildman–Crippen LogP) is -4.90. The van der Waals surface area contributed by atoms with Crippen molar-refractivity contribution >= 4 is 53.2 Å². The molecule has 0 aromatic heterocycles. The normalized spacial score (nSPS) is 10.3. The number of likely N-dealkylation sites (N-methyl/N-ethyl adjacent to an activating group) is 3. The number of ether oxygens (including phenoxy) is 3. The van der Waals surface area contributed by atoms with Crippen molar-refractivity contribution in [2.75, 3.05) is 110 Å². The van der Waals surface area contributed by atoms with E-state index >= 15 is 0 Å². The van der Waals surface area contributed by atoms with Gasteiger partial charge in [0.2, 0.25) is 17.3 Å². The molecule has 0 radical (unpaired) electrons. The fourth-order valence-electron chi connectivity index (χ4n) is 1.71. The van der Waals surface area contributed by atoms with Crippen molar-refractivity contribution in [2.45, 2.75) is 54.1 Å². The SMILES string of the molecule is CC(=O)C(=O)OCC[N+](C)(C)C.CC(=O)C(=O)OCC[N+](C)(C)C.CC(=O)C(=O)OCC[N+](C)(C)C.CC(=O)[O-].CC(=O)[O-].CCC(O)C(=O)[O-].CO. The van der Waals surface area contributed by atoms with E-state index in [1.807, 2.05) is 63.4 Å². The molecule has 0 amide bonds. The maximum absolute atomic E-state index is 10.6. The Labute approximate surface area is 313 Å². The van der Waals surface area contributed by atoms with E-state index in [0.29, 0.717) is 52.9 Å². The number of aliphatic carboxylic acids is 3. The van der Waals surface area contributed by atoms with Crippen molar-refractivity contribution in [1.29, 1.82) is 0 Å². The minimum atomic E-state index is -1.40. The number of hydrogen-bond acceptors (Lipinski definition) is 17. The number of carboxylic acids is 3. The average Bonchev–Trinajstić information content (AvgIpc) is 2.95. The number of hydrogen-bond donors (Lipinski definition) is 2. The van der Waals surface area contributed by atoms with Crippen LogP contribution in [0.25, 0.3) is 0 Å². The van der Waals surface area contributed by atoms with Crippen LogP contribution in [0.5, 0.6) is 0 Å². The van der Waals surface area contributed by atoms with Crippen LogP contribution in [0.3, 0.4) is 0 Å². The molecule has 0 bridgehead atoms. The summed E-state index contributed by atoms with van der Waals surface area (Å²) in [6, 6.07) is 0. The van der Waals surface area contributed by atoms with Crippen LogP contribution in [-0.2, 0) is 57.4 Å². The second-order valence-electron chi connectivity index (χ2n) is 13.3. The van der Waals surface area contributed by atoms with Gasteiger partial charge in [-0.2, -0.15) is 0 Å². The Balaban J connectivity index is -0.0000000991. The number of rotatable bonds is 14. The lowest BCUT2D eigenvalue weighted by Gasteiger charge is -2.23. The summed E-state index contributed by atoms with van der Waals surface area (Å²) in [7, 11) is 18.9. The summed E-state index contributed by atoms with van der Waals surface area (Å²) in [5, 5.41) is 42.6. The molecule has 0 spiro atoms. The number of aliphatic hydroxyl groups excluding tert-OH is 2. The third-order valence-corrected chi connectivity index (χ3v) is 4.51. The van der Waals surface area contributed by atoms with Crippen molar-refractivity contribution in [3.8, 4) is 0 Å². The zero-order valence-electron chi connectivity index (χ0n) is 34.4. The van der Waals surface area contributed by atoms with Gasteiger partial charge in [-0.05, 0) is 20.3 Å². The third-order valence-electron chi connectivity index (χ3n) is 4.51. The minimum absolute atomic E-state index is 0.211. The van der Waals surface area contributed by atoms with Crippen LogP contribution in [0.4, 0.5) is 0 Å². The van der Waals surface area contributed by atoms with Crippen LogP contribution in [0, 0.1) is 0 Å². The molecule has 0 fully saturated rings. The number of carbonyl (C=O) groups is 9. The van der Waals surface area contributed by atoms with Gasteiger partial charge in [0.15, 0.2) is 0 Å². The van der Waals surface area contributed by atoms with E-state index in [9.17, 15) is 38.7 Å². The molecule has 0 heterocycles. The van der Waals surface area contributed by atoms with E-state index in [0.717, 1.165) is 21.0 Å². The summed E-state index contributed by atoms with van der Waals surface area (Å²) in [6.45, 7) is 10.1. The zero-order valence-corrected chi connectivity index (χ0v) is 34.4. The summed E-state index contributed by atoms with van der Waals surface area (Å²) >= 11 is 0. The number of Topliss-reactive ketones (excluding diaryl/α,β-unsaturated/α-hetero) is 3. The largest absolute Gasteiger partial charge is 0.550 e. The first kappa shape index (κ1) is 63.7. The van der Waals surface area contributed by atoms with E-state index in [2.05, 4.69) is 14.2 Å². The fraction of sp³-hybridized carbons (Fsp3) is 0.727. The molecule has 1 atom stereocenters. The highest BCUT2D eigenvalue weighted by atomic mass is 16.5. The second-order valence-corrected chi connectivity index (χ2v) is 13.3. The number of carbonyl (C=O) groups excluding carboxylic acids is 9. The lowest BCUT2D eigenvalue weighted by molar-refractivity contribution is -0.870. The van der Waals surface area contributed by atoms with Gasteiger partial charge < -0.3 is 67.6 Å². The van der Waals surface area contributed by atoms with Crippen LogP contribution in [-0.4, -0.2) is 193 Å². The van der Waals surface area contributed by atoms with Crippen molar-refractivity contribution < 1.29 is 96.3 Å². The first-order chi connectivity index (χ1) is 23.6. The number of nitrogens with zero attached hydrogens (tertiary/aromatic N) is 3. The van der Waals surface area contributed by atoms with Gasteiger partial charge in [-0.3, -0.25) is 14.4 Å². The fourth-order valence-corrected chi connectivity index (χ4v) is 1.71. The van der Waals surface area contributed by atoms with Gasteiger partial charge in [-0.15, -0.1) is 0 Å². The molecular formula is C33H65N3O17. The van der Waals surface area contributed by atoms with Crippen LogP contribution in [0.2, 0.25) is 0 Å². The smallest absolute Gasteiger partial charge is 0.374 e. The van der Waals surface area contributed by atoms with Gasteiger partial charge in [0.25, 0.3) is 0 Å². The number of ketones is 3. The summed E-state index contributed by atoms with van der Waals surface area (Å²) in [5.41, 5.74) is 0. The van der Waals surface area contributed by atoms with Crippen LogP contribution in [0.15, 0.2) is 0 Å². The highest BCUT2D eigenvalue weighted by molar-refractivity contribution is 6.33. The first-order valence-corrected chi connectivity index (χ1v) is 15.8. The highest BCUT2D eigenvalue weighted by Gasteiger charge is 2.14. The van der Waals surface area contributed by atoms with Gasteiger partial charge >= 0.3 is 17.9 Å². The van der Waals surface area contributed by atoms with E-state index in [4.69, 9.17) is 30.0 Å². The number of quaternary nitrogens is 3. The monoisotopic (exact) mass is 775 g/mol. The Morgan fingerprint density at radius 3 is 0.736 bits per heavy atom. The molecule has 0 rings (SSSR count). The Hall–Kier alpha value is -4.37. The lowest BCUT2D eigenvalue weighted by atomic mass is 10.3. The average molecular weight is 776 g/mol. The summed E-state index contributed by atoms with van der Waals surface area (Å²) < 4.78 is 16.2. The van der Waals surface area contributed by atoms with E-state index in [1.54, 1.807) is 6.92 Å². The maximum atomic E-state index is 10.6. The Bertz CT molecular complexity index is 968. The van der Waals surface area contributed by atoms with Crippen molar-refractivity contribution in [3.63, 3.8) is 0 Å². The molecule has 0 aromatic rings. The standard InChI is InChI=1S/3C8H16NO3.C4H8O3.2C2H4O2.CH4O/c3*1-7(10)8(11)12-6-5-9(2,3)4;1-2-3(5)4(6)7;2*1-2(3)4;1-2/h3*5-6H2,1-4H3;3,5H,2H2,1H3,(H,6,7);2*1H3,(H,3,4);2H,1H3/q3*+1;;;;/p-3. The number of esters is 3. The van der Waals surface area contributed by atoms with Gasteiger partial charge in [-0.1, -0.05) is 6.92 Å². The highest BCUT2D eigenvalue weighted by Crippen LogP contribution is 1.92. The molecule has 314 valence electrons. The number of aliphatic hydroxyl groups is 2. The molecule has 0 aromatic carbocycles. The molecule has 0 aliphatic carbocycles. The van der Waals surface area contributed by atoms with E-state index < -0.39 is 59.3 Å². The second kappa shape index (κ2) is 36.0. The van der Waals surface area contributed by atoms with Crippen LogP contribution in [0.1, 0.15) is 48.0 Å². The van der Waals surface area contributed by atoms with Crippen molar-refractivity contribution in [2.24, 2.45) is 0 Å². The molecule has 0 aliphatic rings. The Kier molecular flexibility index (Phi) is 43.2. The molecule has 20 nitrogen and oxygen atoms in total. The summed E-state index contributed by atoms with van der Waals surface area (Å²) in [4.78, 5) is 90.6. The third kappa shape index (κ3) is 82.7. The van der Waals surface area contributed by atoms with Gasteiger partial charge in [0.05, 0.1) is 75.5 Å². The van der Waals surface area contributed by atoms with E-state index in [-0.39, 0.29) is 6.42 Å². The molecule has 0 aliphatic heterocycles. The maximum Gasteiger partial charge on any atom is 0.374 e. The molecule has 20 heteroatoms. The molecular weight excluding hydrogens is 710 g/mol. The van der Waals surface area contributed by atoms with Crippen LogP contribution < -0.4 is 15.3 Å². The summed E-state index contributed by atoms with van der Waals surface area (Å²) in [5.74, 6) is -7.44. The topological polar surface area (TPSA) is 291 Å². The van der Waals surface area contributed by atoms with Crippen molar-refractivity contribution in [3.05, 3.63) is 0 Å². The van der Waals surface area contributed by atoms with Crippen molar-refractivity contribution in [1.82, 2.24) is 0 Å². The van der Waals surface area contributed by atoms with E-state index in [1.165, 1.54) is 20.8 Å². The minimum Gasteiger partial charge on any atom is -0.550 e. The predicted molar refractivity (Wildman–Crippen MR) is 184 cm³/mol. The van der Waals surface area contributed by atoms with Crippen LogP contribution >= 0.6 is 0 Å². The van der Waals surface area contributed by atoms with Gasteiger partial charge in [-0.25, -0.2) is 14.4 Å². The van der Waals surface area contributed by atoms with Gasteiger partial charge in [0, 0.05) is 39.8 Å². The lowest BCUT2D eigenvalue weighted by Crippen LogP contribution is -2.38. The zero-order chi connectivity index (χ0) is 44.3. The molecule has 0 saturated carbocycles.